The summed E-state index contributed by atoms with van der Waals surface area (Å²) >= 11 is 8.06. The molecule has 0 aliphatic carbocycles. The van der Waals surface area contributed by atoms with Crippen LogP contribution in [-0.2, 0) is 56.1 Å². The Hall–Kier alpha value is -4.14. The van der Waals surface area contributed by atoms with Crippen molar-refractivity contribution in [1.82, 2.24) is 9.13 Å². The average molecular weight is 861 g/mol. The van der Waals surface area contributed by atoms with Crippen molar-refractivity contribution in [2.75, 3.05) is 25.6 Å². The molecule has 1 aromatic heterocycles. The standard InChI is InChI=1S/C44H46ClN2O10PS/c1-42(2,30-53-44(33-18-10-5-11-19-33,34-20-12-6-13-21-34)35-22-14-7-15-23-35)40(49)59-27-26-54-58(51)55-29-36-38(57-58)43(3,45)39(56-36)46-25-24-37(48)47(41(46)50)31-52-28-32-16-8-4-9-17-32/h4-25,36,38-39H,26-31H2,1-3H3/t36-,38-,39-,43-,58?/m1/s1. The summed E-state index contributed by atoms with van der Waals surface area (Å²) in [6, 6.07) is 40.4. The number of halogens is 1. The number of phosphoric ester groups is 1. The lowest BCUT2D eigenvalue weighted by Crippen LogP contribution is -2.47. The summed E-state index contributed by atoms with van der Waals surface area (Å²) in [4.78, 5) is 38.5. The van der Waals surface area contributed by atoms with Crippen LogP contribution in [-0.4, -0.2) is 56.9 Å². The van der Waals surface area contributed by atoms with Gasteiger partial charge in [-0.15, -0.1) is 11.6 Å². The van der Waals surface area contributed by atoms with Crippen LogP contribution in [0.15, 0.2) is 143 Å². The number of hydrogen-bond acceptors (Lipinski definition) is 11. The van der Waals surface area contributed by atoms with Gasteiger partial charge in [0.2, 0.25) is 0 Å². The molecule has 2 aliphatic heterocycles. The smallest absolute Gasteiger partial charge is 0.360 e. The molecule has 0 spiro atoms. The first-order valence-electron chi connectivity index (χ1n) is 19.2. The SMILES string of the molecule is CC(C)(COC(c1ccccc1)(c1ccccc1)c1ccccc1)C(=O)SCCOP1(=O)OC[C@H]2O[C@@H](n3ccc(=O)n(COCc4ccccc4)c3=O)[C@](C)(Cl)[C@@H]2O1. The van der Waals surface area contributed by atoms with Crippen LogP contribution in [0.5, 0.6) is 0 Å². The van der Waals surface area contributed by atoms with Gasteiger partial charge in [0, 0.05) is 18.0 Å². The predicted molar refractivity (Wildman–Crippen MR) is 225 cm³/mol. The van der Waals surface area contributed by atoms with Crippen LogP contribution in [0.3, 0.4) is 0 Å². The number of ether oxygens (including phenoxy) is 3. The molecule has 0 saturated carbocycles. The van der Waals surface area contributed by atoms with Gasteiger partial charge in [-0.3, -0.25) is 27.7 Å². The first-order valence-corrected chi connectivity index (χ1v) is 22.0. The maximum atomic E-state index is 13.7. The van der Waals surface area contributed by atoms with Crippen LogP contribution in [0.2, 0.25) is 0 Å². The summed E-state index contributed by atoms with van der Waals surface area (Å²) in [5.41, 5.74) is 0.458. The van der Waals surface area contributed by atoms with Gasteiger partial charge in [-0.2, -0.15) is 0 Å². The number of nitrogens with zero attached hydrogens (tertiary/aromatic N) is 2. The fourth-order valence-electron chi connectivity index (χ4n) is 7.16. The van der Waals surface area contributed by atoms with Gasteiger partial charge in [-0.1, -0.05) is 133 Å². The zero-order valence-corrected chi connectivity index (χ0v) is 35.4. The number of carbonyl (C=O) groups excluding carboxylic acids is 1. The number of alkyl halides is 1. The number of aromatic nitrogens is 2. The number of rotatable bonds is 16. The van der Waals surface area contributed by atoms with Gasteiger partial charge < -0.3 is 14.2 Å². The van der Waals surface area contributed by atoms with E-state index in [0.29, 0.717) is 0 Å². The molecule has 0 N–H and O–H groups in total. The van der Waals surface area contributed by atoms with Gasteiger partial charge >= 0.3 is 13.5 Å². The molecular weight excluding hydrogens is 815 g/mol. The van der Waals surface area contributed by atoms with E-state index < -0.39 is 53.4 Å². The minimum absolute atomic E-state index is 0.0863. The molecule has 5 atom stereocenters. The lowest BCUT2D eigenvalue weighted by molar-refractivity contribution is -0.124. The molecule has 15 heteroatoms. The number of hydrogen-bond donors (Lipinski definition) is 0. The Morgan fingerprint density at radius 2 is 1.44 bits per heavy atom. The van der Waals surface area contributed by atoms with E-state index >= 15 is 0 Å². The lowest BCUT2D eigenvalue weighted by Gasteiger charge is -2.38. The van der Waals surface area contributed by atoms with E-state index in [9.17, 15) is 18.9 Å². The topological polar surface area (TPSA) is 134 Å². The number of carbonyl (C=O) groups is 1. The Kier molecular flexibility index (Phi) is 13.3. The minimum atomic E-state index is -4.17. The fourth-order valence-corrected chi connectivity index (χ4v) is 9.97. The Morgan fingerprint density at radius 3 is 2.02 bits per heavy atom. The molecular formula is C44H46ClN2O10PS. The Balaban J connectivity index is 0.967. The highest BCUT2D eigenvalue weighted by atomic mass is 35.5. The zero-order chi connectivity index (χ0) is 41.7. The predicted octanol–water partition coefficient (Wildman–Crippen LogP) is 7.91. The van der Waals surface area contributed by atoms with E-state index in [2.05, 4.69) is 0 Å². The maximum Gasteiger partial charge on any atom is 0.475 e. The zero-order valence-electron chi connectivity index (χ0n) is 32.9. The molecule has 310 valence electrons. The van der Waals surface area contributed by atoms with E-state index in [4.69, 9.17) is 39.4 Å². The first-order chi connectivity index (χ1) is 28.3. The average Bonchev–Trinajstić information content (AvgIpc) is 3.50. The third-order valence-electron chi connectivity index (χ3n) is 10.3. The summed E-state index contributed by atoms with van der Waals surface area (Å²) in [5, 5.41) is -0.148. The highest BCUT2D eigenvalue weighted by molar-refractivity contribution is 8.13. The quantitative estimate of drug-likeness (QED) is 0.0415. The van der Waals surface area contributed by atoms with Gasteiger partial charge in [0.1, 0.15) is 29.4 Å². The fraction of sp³-hybridized carbons (Fsp3) is 0.341. The summed E-state index contributed by atoms with van der Waals surface area (Å²) in [7, 11) is -4.17. The number of phosphoric acid groups is 1. The largest absolute Gasteiger partial charge is 0.475 e. The summed E-state index contributed by atoms with van der Waals surface area (Å²) in [6.07, 6.45) is -1.64. The van der Waals surface area contributed by atoms with Crippen molar-refractivity contribution in [2.45, 2.75) is 63.0 Å². The number of thioether (sulfide) groups is 1. The van der Waals surface area contributed by atoms with E-state index in [1.54, 1.807) is 6.92 Å². The number of fused-ring (bicyclic) bond motifs is 1. The molecule has 5 aromatic rings. The van der Waals surface area contributed by atoms with Crippen LogP contribution in [0.4, 0.5) is 0 Å². The van der Waals surface area contributed by atoms with Gasteiger partial charge in [0.25, 0.3) is 5.56 Å². The van der Waals surface area contributed by atoms with Crippen LogP contribution < -0.4 is 11.2 Å². The van der Waals surface area contributed by atoms with Crippen molar-refractivity contribution >= 4 is 36.3 Å². The van der Waals surface area contributed by atoms with Crippen molar-refractivity contribution in [3.8, 4) is 0 Å². The van der Waals surface area contributed by atoms with E-state index in [0.717, 1.165) is 38.6 Å². The molecule has 4 aromatic carbocycles. The summed E-state index contributed by atoms with van der Waals surface area (Å²) in [5.74, 6) is 0.148. The third kappa shape index (κ3) is 9.29. The van der Waals surface area contributed by atoms with E-state index in [-0.39, 0.29) is 44.0 Å². The van der Waals surface area contributed by atoms with Gasteiger partial charge in [0.15, 0.2) is 11.3 Å². The molecule has 2 aliphatic rings. The van der Waals surface area contributed by atoms with Crippen molar-refractivity contribution in [1.29, 1.82) is 0 Å². The lowest BCUT2D eigenvalue weighted by atomic mass is 9.79. The maximum absolute atomic E-state index is 13.7. The molecule has 2 fully saturated rings. The third-order valence-corrected chi connectivity index (χ3v) is 13.3. The first kappa shape index (κ1) is 43.0. The van der Waals surface area contributed by atoms with Gasteiger partial charge in [-0.25, -0.2) is 13.9 Å². The van der Waals surface area contributed by atoms with Crippen LogP contribution >= 0.6 is 31.2 Å². The van der Waals surface area contributed by atoms with Crippen LogP contribution in [0.1, 0.15) is 49.3 Å². The van der Waals surface area contributed by atoms with Gasteiger partial charge in [-0.05, 0) is 43.0 Å². The molecule has 2 saturated heterocycles. The number of benzene rings is 4. The highest BCUT2D eigenvalue weighted by Crippen LogP contribution is 2.60. The van der Waals surface area contributed by atoms with E-state index in [1.807, 2.05) is 135 Å². The second-order valence-electron chi connectivity index (χ2n) is 15.1. The second kappa shape index (κ2) is 18.2. The van der Waals surface area contributed by atoms with Crippen molar-refractivity contribution in [3.63, 3.8) is 0 Å². The molecule has 0 radical (unpaired) electrons. The Bertz CT molecular complexity index is 2270. The minimum Gasteiger partial charge on any atom is -0.360 e. The van der Waals surface area contributed by atoms with Crippen LogP contribution in [0, 0.1) is 5.41 Å². The monoisotopic (exact) mass is 860 g/mol. The summed E-state index contributed by atoms with van der Waals surface area (Å²) in [6.45, 7) is 4.90. The Morgan fingerprint density at radius 1 is 0.881 bits per heavy atom. The highest BCUT2D eigenvalue weighted by Gasteiger charge is 2.60. The molecule has 7 rings (SSSR count). The van der Waals surface area contributed by atoms with Crippen molar-refractivity contribution in [2.24, 2.45) is 5.41 Å². The Labute approximate surface area is 351 Å². The molecule has 0 bridgehead atoms. The molecule has 1 unspecified atom stereocenters. The molecule has 3 heterocycles. The van der Waals surface area contributed by atoms with Crippen molar-refractivity contribution in [3.05, 3.63) is 177 Å². The molecule has 59 heavy (non-hydrogen) atoms. The van der Waals surface area contributed by atoms with Gasteiger partial charge in [0.05, 0.1) is 31.8 Å². The van der Waals surface area contributed by atoms with E-state index in [1.165, 1.54) is 16.8 Å². The van der Waals surface area contributed by atoms with Crippen LogP contribution in [0.25, 0.3) is 0 Å². The van der Waals surface area contributed by atoms with Crippen molar-refractivity contribution < 1.29 is 37.1 Å². The summed E-state index contributed by atoms with van der Waals surface area (Å²) < 4.78 is 51.7. The molecule has 12 nitrogen and oxygen atoms in total. The normalized spacial score (nSPS) is 23.2. The molecule has 0 amide bonds. The second-order valence-corrected chi connectivity index (χ2v) is 18.6.